The summed E-state index contributed by atoms with van der Waals surface area (Å²) in [6.07, 6.45) is -0.975. The topological polar surface area (TPSA) is 113 Å². The van der Waals surface area contributed by atoms with Crippen LogP contribution in [-0.4, -0.2) is 40.3 Å². The average molecular weight is 308 g/mol. The van der Waals surface area contributed by atoms with Gasteiger partial charge in [-0.25, -0.2) is 4.79 Å². The third kappa shape index (κ3) is 5.83. The van der Waals surface area contributed by atoms with E-state index in [9.17, 15) is 14.7 Å². The zero-order valence-corrected chi connectivity index (χ0v) is 12.9. The molecule has 0 bridgehead atoms. The minimum Gasteiger partial charge on any atom is -0.479 e. The maximum absolute atomic E-state index is 12.1. The number of aliphatic carboxylic acids is 1. The Labute approximate surface area is 130 Å². The van der Waals surface area contributed by atoms with Crippen molar-refractivity contribution in [2.75, 3.05) is 0 Å². The highest BCUT2D eigenvalue weighted by Crippen LogP contribution is 2.08. The van der Waals surface area contributed by atoms with Crippen molar-refractivity contribution in [2.24, 2.45) is 11.7 Å². The monoisotopic (exact) mass is 308 g/mol. The summed E-state index contributed by atoms with van der Waals surface area (Å²) in [4.78, 5) is 23.1. The van der Waals surface area contributed by atoms with Crippen molar-refractivity contribution in [3.63, 3.8) is 0 Å². The smallest absolute Gasteiger partial charge is 0.334 e. The zero-order chi connectivity index (χ0) is 16.7. The summed E-state index contributed by atoms with van der Waals surface area (Å²) >= 11 is 0. The highest BCUT2D eigenvalue weighted by Gasteiger charge is 2.29. The van der Waals surface area contributed by atoms with Gasteiger partial charge in [0, 0.05) is 0 Å². The molecule has 0 spiro atoms. The van der Waals surface area contributed by atoms with E-state index in [4.69, 9.17) is 10.8 Å². The third-order valence-electron chi connectivity index (χ3n) is 3.32. The van der Waals surface area contributed by atoms with E-state index in [0.717, 1.165) is 5.56 Å². The lowest BCUT2D eigenvalue weighted by Gasteiger charge is -2.24. The summed E-state index contributed by atoms with van der Waals surface area (Å²) in [6.45, 7) is 3.89. The molecule has 1 aromatic rings. The first kappa shape index (κ1) is 18.1. The molecule has 1 rings (SSSR count). The molecule has 0 heterocycles. The van der Waals surface area contributed by atoms with Crippen LogP contribution in [-0.2, 0) is 16.0 Å². The van der Waals surface area contributed by atoms with E-state index < -0.39 is 30.1 Å². The van der Waals surface area contributed by atoms with Gasteiger partial charge in [-0.15, -0.1) is 0 Å². The molecule has 3 atom stereocenters. The lowest BCUT2D eigenvalue weighted by atomic mass is 9.99. The van der Waals surface area contributed by atoms with E-state index in [1.165, 1.54) is 0 Å². The van der Waals surface area contributed by atoms with Crippen LogP contribution in [0.1, 0.15) is 25.8 Å². The van der Waals surface area contributed by atoms with E-state index in [1.54, 1.807) is 0 Å². The minimum atomic E-state index is -1.68. The first-order valence-corrected chi connectivity index (χ1v) is 7.32. The molecule has 0 fully saturated rings. The van der Waals surface area contributed by atoms with Crippen molar-refractivity contribution in [3.05, 3.63) is 35.9 Å². The molecule has 1 aromatic carbocycles. The number of rotatable bonds is 8. The van der Waals surface area contributed by atoms with Gasteiger partial charge in [0.15, 0.2) is 6.10 Å². The van der Waals surface area contributed by atoms with Gasteiger partial charge in [-0.3, -0.25) is 4.79 Å². The number of carboxylic acid groups (broad SMARTS) is 1. The molecule has 1 amide bonds. The van der Waals surface area contributed by atoms with E-state index in [-0.39, 0.29) is 12.3 Å². The van der Waals surface area contributed by atoms with Crippen LogP contribution in [0.5, 0.6) is 0 Å². The number of carboxylic acids is 1. The van der Waals surface area contributed by atoms with E-state index in [0.29, 0.717) is 6.42 Å². The second kappa shape index (κ2) is 8.51. The Kier molecular flexibility index (Phi) is 7.01. The molecule has 0 radical (unpaired) electrons. The molecule has 0 aromatic heterocycles. The quantitative estimate of drug-likeness (QED) is 0.559. The lowest BCUT2D eigenvalue weighted by Crippen LogP contribution is -2.53. The fourth-order valence-electron chi connectivity index (χ4n) is 2.19. The predicted molar refractivity (Wildman–Crippen MR) is 83.1 cm³/mol. The molecular weight excluding hydrogens is 284 g/mol. The Morgan fingerprint density at radius 1 is 1.23 bits per heavy atom. The second-order valence-corrected chi connectivity index (χ2v) is 5.82. The zero-order valence-electron chi connectivity index (χ0n) is 12.9. The average Bonchev–Trinajstić information content (AvgIpc) is 2.45. The molecule has 0 saturated carbocycles. The lowest BCUT2D eigenvalue weighted by molar-refractivity contribution is -0.148. The van der Waals surface area contributed by atoms with Gasteiger partial charge < -0.3 is 21.3 Å². The molecule has 22 heavy (non-hydrogen) atoms. The highest BCUT2D eigenvalue weighted by molar-refractivity contribution is 5.83. The SMILES string of the molecule is CC(C)C[C@@H](N)C(=O)N[C@H](Cc1ccccc1)[C@@H](O)C(=O)O. The van der Waals surface area contributed by atoms with Gasteiger partial charge in [-0.2, -0.15) is 0 Å². The first-order chi connectivity index (χ1) is 10.3. The van der Waals surface area contributed by atoms with Crippen LogP contribution in [0.2, 0.25) is 0 Å². The van der Waals surface area contributed by atoms with Crippen LogP contribution in [0.3, 0.4) is 0 Å². The number of aliphatic hydroxyl groups is 1. The Morgan fingerprint density at radius 2 is 1.82 bits per heavy atom. The maximum atomic E-state index is 12.1. The number of nitrogens with one attached hydrogen (secondary N) is 1. The Bertz CT molecular complexity index is 490. The van der Waals surface area contributed by atoms with Gasteiger partial charge in [-0.1, -0.05) is 44.2 Å². The van der Waals surface area contributed by atoms with Crippen LogP contribution < -0.4 is 11.1 Å². The van der Waals surface area contributed by atoms with E-state index >= 15 is 0 Å². The summed E-state index contributed by atoms with van der Waals surface area (Å²) in [5.41, 5.74) is 6.62. The Morgan fingerprint density at radius 3 is 2.32 bits per heavy atom. The number of carbonyl (C=O) groups excluding carboxylic acids is 1. The van der Waals surface area contributed by atoms with Crippen LogP contribution in [0.4, 0.5) is 0 Å². The number of amides is 1. The molecule has 0 aliphatic carbocycles. The standard InChI is InChI=1S/C16H24N2O4/c1-10(2)8-12(17)15(20)18-13(14(19)16(21)22)9-11-6-4-3-5-7-11/h3-7,10,12-14,19H,8-9,17H2,1-2H3,(H,18,20)(H,21,22)/t12-,13-,14-/m1/s1. The summed E-state index contributed by atoms with van der Waals surface area (Å²) in [5.74, 6) is -1.58. The third-order valence-corrected chi connectivity index (χ3v) is 3.32. The van der Waals surface area contributed by atoms with Gasteiger partial charge in [0.05, 0.1) is 12.1 Å². The summed E-state index contributed by atoms with van der Waals surface area (Å²) < 4.78 is 0. The number of aliphatic hydroxyl groups excluding tert-OH is 1. The van der Waals surface area contributed by atoms with Crippen molar-refractivity contribution >= 4 is 11.9 Å². The predicted octanol–water partition coefficient (Wildman–Crippen LogP) is 0.533. The number of carbonyl (C=O) groups is 2. The highest BCUT2D eigenvalue weighted by atomic mass is 16.4. The molecule has 122 valence electrons. The molecular formula is C16H24N2O4. The van der Waals surface area contributed by atoms with Gasteiger partial charge in [0.25, 0.3) is 0 Å². The largest absolute Gasteiger partial charge is 0.479 e. The molecule has 0 saturated heterocycles. The summed E-state index contributed by atoms with van der Waals surface area (Å²) in [5, 5.41) is 21.4. The number of benzene rings is 1. The van der Waals surface area contributed by atoms with Crippen molar-refractivity contribution in [1.82, 2.24) is 5.32 Å². The second-order valence-electron chi connectivity index (χ2n) is 5.82. The minimum absolute atomic E-state index is 0.217. The van der Waals surface area contributed by atoms with E-state index in [2.05, 4.69) is 5.32 Å². The van der Waals surface area contributed by atoms with Crippen molar-refractivity contribution in [2.45, 2.75) is 44.9 Å². The van der Waals surface area contributed by atoms with Crippen LogP contribution in [0.25, 0.3) is 0 Å². The van der Waals surface area contributed by atoms with Crippen LogP contribution in [0.15, 0.2) is 30.3 Å². The van der Waals surface area contributed by atoms with Gasteiger partial charge in [0.2, 0.25) is 5.91 Å². The molecule has 6 heteroatoms. The van der Waals surface area contributed by atoms with Crippen molar-refractivity contribution < 1.29 is 19.8 Å². The van der Waals surface area contributed by atoms with Crippen LogP contribution >= 0.6 is 0 Å². The van der Waals surface area contributed by atoms with Crippen molar-refractivity contribution in [3.8, 4) is 0 Å². The number of hydrogen-bond donors (Lipinski definition) is 4. The summed E-state index contributed by atoms with van der Waals surface area (Å²) in [6, 6.07) is 7.43. The number of nitrogens with two attached hydrogens (primary N) is 1. The summed E-state index contributed by atoms with van der Waals surface area (Å²) in [7, 11) is 0. The molecule has 5 N–H and O–H groups in total. The van der Waals surface area contributed by atoms with Crippen molar-refractivity contribution in [1.29, 1.82) is 0 Å². The molecule has 6 nitrogen and oxygen atoms in total. The van der Waals surface area contributed by atoms with Gasteiger partial charge in [0.1, 0.15) is 0 Å². The first-order valence-electron chi connectivity index (χ1n) is 7.32. The Balaban J connectivity index is 2.78. The fraction of sp³-hybridized carbons (Fsp3) is 0.500. The van der Waals surface area contributed by atoms with Crippen LogP contribution in [0, 0.1) is 5.92 Å². The Hall–Kier alpha value is -1.92. The molecule has 0 unspecified atom stereocenters. The van der Waals surface area contributed by atoms with Gasteiger partial charge in [-0.05, 0) is 24.3 Å². The van der Waals surface area contributed by atoms with Gasteiger partial charge >= 0.3 is 5.97 Å². The van der Waals surface area contributed by atoms with E-state index in [1.807, 2.05) is 44.2 Å². The maximum Gasteiger partial charge on any atom is 0.334 e. The molecule has 0 aliphatic heterocycles. The normalized spacial score (nSPS) is 15.1. The molecule has 0 aliphatic rings. The fourth-order valence-corrected chi connectivity index (χ4v) is 2.19. The number of hydrogen-bond acceptors (Lipinski definition) is 4.